The van der Waals surface area contributed by atoms with Gasteiger partial charge in [0.25, 0.3) is 0 Å². The number of hydrogen-bond acceptors (Lipinski definition) is 5. The quantitative estimate of drug-likeness (QED) is 0.467. The Morgan fingerprint density at radius 2 is 2.36 bits per heavy atom. The van der Waals surface area contributed by atoms with Crippen LogP contribution < -0.4 is 16.7 Å². The number of nitrogens with two attached hydrogens (primary N) is 2. The fraction of sp³-hybridized carbons (Fsp3) is 0.400. The molecule has 1 aliphatic rings. The van der Waals surface area contributed by atoms with Crippen LogP contribution in [0, 0.1) is 0 Å². The molecule has 0 atom stereocenters. The average molecular weight is 154 g/mol. The third-order valence-electron chi connectivity index (χ3n) is 1.76. The molecule has 1 aliphatic heterocycles. The van der Waals surface area contributed by atoms with Crippen LogP contribution in [0.2, 0.25) is 0 Å². The van der Waals surface area contributed by atoms with Crippen molar-refractivity contribution in [3.05, 3.63) is 6.20 Å². The lowest BCUT2D eigenvalue weighted by atomic mass is 10.5. The van der Waals surface area contributed by atoms with Crippen molar-refractivity contribution < 1.29 is 0 Å². The Morgan fingerprint density at radius 1 is 1.64 bits per heavy atom. The van der Waals surface area contributed by atoms with Crippen molar-refractivity contribution in [2.75, 3.05) is 17.9 Å². The van der Waals surface area contributed by atoms with Crippen molar-refractivity contribution >= 4 is 11.5 Å². The van der Waals surface area contributed by atoms with Gasteiger partial charge in [-0.1, -0.05) is 0 Å². The summed E-state index contributed by atoms with van der Waals surface area (Å²) in [5.41, 5.74) is 6.22. The fourth-order valence-corrected chi connectivity index (χ4v) is 1.17. The molecule has 0 saturated heterocycles. The molecule has 2 heterocycles. The highest BCUT2D eigenvalue weighted by Gasteiger charge is 2.24. The second-order valence-electron chi connectivity index (χ2n) is 2.57. The molecule has 0 saturated carbocycles. The van der Waals surface area contributed by atoms with E-state index < -0.39 is 0 Å². The van der Waals surface area contributed by atoms with E-state index in [-0.39, 0.29) is 0 Å². The minimum absolute atomic E-state index is 0.608. The van der Waals surface area contributed by atoms with Gasteiger partial charge < -0.3 is 5.73 Å². The van der Waals surface area contributed by atoms with Gasteiger partial charge in [-0.05, 0) is 0 Å². The Hall–Kier alpha value is -1.27. The van der Waals surface area contributed by atoms with Crippen LogP contribution >= 0.6 is 0 Å². The van der Waals surface area contributed by atoms with Crippen molar-refractivity contribution in [3.63, 3.8) is 0 Å². The average Bonchev–Trinajstić information content (AvgIpc) is 2.41. The van der Waals surface area contributed by atoms with Gasteiger partial charge in [0.05, 0.1) is 11.9 Å². The first-order chi connectivity index (χ1) is 5.20. The molecular formula is C5H10N6. The number of hydrazine groups is 2. The highest BCUT2D eigenvalue weighted by atomic mass is 15.8. The van der Waals surface area contributed by atoms with Crippen LogP contribution in [0.15, 0.2) is 6.20 Å². The molecule has 1 aromatic rings. The molecule has 0 fully saturated rings. The Balaban J connectivity index is 2.49. The maximum absolute atomic E-state index is 5.65. The highest BCUT2D eigenvalue weighted by molar-refractivity contribution is 5.61. The van der Waals surface area contributed by atoms with E-state index in [1.807, 2.05) is 12.1 Å². The smallest absolute Gasteiger partial charge is 0.181 e. The summed E-state index contributed by atoms with van der Waals surface area (Å²) in [5.74, 6) is 6.41. The number of fused-ring (bicyclic) bond motifs is 1. The molecule has 0 spiro atoms. The molecule has 4 N–H and O–H groups in total. The van der Waals surface area contributed by atoms with Crippen LogP contribution in [0.5, 0.6) is 0 Å². The van der Waals surface area contributed by atoms with Crippen LogP contribution in [0.1, 0.15) is 0 Å². The Morgan fingerprint density at radius 3 is 3.00 bits per heavy atom. The van der Waals surface area contributed by atoms with Crippen molar-refractivity contribution in [1.82, 2.24) is 14.8 Å². The standard InChI is InChI=1S/C5H10N6/c1-9-3-10-5(11(9)7)4(6)2-8-10/h2H,3,6-7H2,1H3. The predicted octanol–water partition coefficient (Wildman–Crippen LogP) is -1.04. The maximum Gasteiger partial charge on any atom is 0.181 e. The molecular weight excluding hydrogens is 144 g/mol. The van der Waals surface area contributed by atoms with E-state index in [2.05, 4.69) is 5.10 Å². The zero-order valence-corrected chi connectivity index (χ0v) is 6.23. The van der Waals surface area contributed by atoms with E-state index >= 15 is 0 Å². The first-order valence-electron chi connectivity index (χ1n) is 3.27. The monoisotopic (exact) mass is 154 g/mol. The lowest BCUT2D eigenvalue weighted by Crippen LogP contribution is -2.40. The lowest BCUT2D eigenvalue weighted by molar-refractivity contribution is 0.285. The third kappa shape index (κ3) is 0.702. The van der Waals surface area contributed by atoms with Gasteiger partial charge in [-0.2, -0.15) is 10.1 Å². The minimum atomic E-state index is 0.608. The summed E-state index contributed by atoms with van der Waals surface area (Å²) < 4.78 is 1.75. The van der Waals surface area contributed by atoms with Gasteiger partial charge in [-0.25, -0.2) is 15.6 Å². The summed E-state index contributed by atoms with van der Waals surface area (Å²) >= 11 is 0. The number of nitrogens with zero attached hydrogens (tertiary/aromatic N) is 4. The van der Waals surface area contributed by atoms with Crippen molar-refractivity contribution in [3.8, 4) is 0 Å². The first-order valence-corrected chi connectivity index (χ1v) is 3.27. The lowest BCUT2D eigenvalue weighted by Gasteiger charge is -2.18. The third-order valence-corrected chi connectivity index (χ3v) is 1.76. The topological polar surface area (TPSA) is 76.3 Å². The molecule has 11 heavy (non-hydrogen) atoms. The maximum atomic E-state index is 5.65. The molecule has 6 nitrogen and oxygen atoms in total. The molecule has 0 radical (unpaired) electrons. The number of hydrogen-bond donors (Lipinski definition) is 2. The normalized spacial score (nSPS) is 17.5. The number of anilines is 2. The number of aromatic nitrogens is 2. The second kappa shape index (κ2) is 1.86. The fourth-order valence-electron chi connectivity index (χ4n) is 1.17. The van der Waals surface area contributed by atoms with E-state index in [0.29, 0.717) is 12.4 Å². The summed E-state index contributed by atoms with van der Waals surface area (Å²) in [6, 6.07) is 0. The largest absolute Gasteiger partial charge is 0.394 e. The van der Waals surface area contributed by atoms with Crippen LogP contribution in [-0.4, -0.2) is 21.8 Å². The Bertz CT molecular complexity index is 279. The van der Waals surface area contributed by atoms with Gasteiger partial charge in [0.2, 0.25) is 0 Å². The summed E-state index contributed by atoms with van der Waals surface area (Å²) in [7, 11) is 1.87. The molecule has 60 valence electrons. The molecule has 0 bridgehead atoms. The Kier molecular flexibility index (Phi) is 1.09. The van der Waals surface area contributed by atoms with E-state index in [0.717, 1.165) is 5.82 Å². The molecule has 0 unspecified atom stereocenters. The van der Waals surface area contributed by atoms with Gasteiger partial charge in [0.1, 0.15) is 6.67 Å². The molecule has 2 rings (SSSR count). The SMILES string of the molecule is CN1Cn2ncc(N)c2N1N. The van der Waals surface area contributed by atoms with Crippen LogP contribution in [-0.2, 0) is 6.67 Å². The summed E-state index contributed by atoms with van der Waals surface area (Å²) in [6.07, 6.45) is 1.60. The van der Waals surface area contributed by atoms with Crippen LogP contribution in [0.25, 0.3) is 0 Å². The van der Waals surface area contributed by atoms with E-state index in [4.69, 9.17) is 11.6 Å². The van der Waals surface area contributed by atoms with Gasteiger partial charge in [-0.3, -0.25) is 0 Å². The van der Waals surface area contributed by atoms with Crippen molar-refractivity contribution in [2.45, 2.75) is 6.67 Å². The van der Waals surface area contributed by atoms with Gasteiger partial charge >= 0.3 is 0 Å². The second-order valence-corrected chi connectivity index (χ2v) is 2.57. The zero-order chi connectivity index (χ0) is 8.01. The van der Waals surface area contributed by atoms with Crippen LogP contribution in [0.3, 0.4) is 0 Å². The zero-order valence-electron chi connectivity index (χ0n) is 6.23. The van der Waals surface area contributed by atoms with E-state index in [9.17, 15) is 0 Å². The molecule has 1 aromatic heterocycles. The molecule has 0 aliphatic carbocycles. The Labute approximate surface area is 63.9 Å². The summed E-state index contributed by atoms with van der Waals surface area (Å²) in [5, 5.41) is 7.33. The molecule has 0 amide bonds. The highest BCUT2D eigenvalue weighted by Crippen LogP contribution is 2.26. The van der Waals surface area contributed by atoms with Gasteiger partial charge in [-0.15, -0.1) is 0 Å². The number of rotatable bonds is 0. The minimum Gasteiger partial charge on any atom is -0.394 e. The van der Waals surface area contributed by atoms with E-state index in [1.165, 1.54) is 5.12 Å². The van der Waals surface area contributed by atoms with Gasteiger partial charge in [0.15, 0.2) is 5.82 Å². The number of nitrogen functional groups attached to an aromatic ring is 1. The van der Waals surface area contributed by atoms with Crippen LogP contribution in [0.4, 0.5) is 11.5 Å². The van der Waals surface area contributed by atoms with Gasteiger partial charge in [0, 0.05) is 7.05 Å². The van der Waals surface area contributed by atoms with Crippen molar-refractivity contribution in [2.24, 2.45) is 5.84 Å². The summed E-state index contributed by atoms with van der Waals surface area (Å²) in [4.78, 5) is 0. The van der Waals surface area contributed by atoms with E-state index in [1.54, 1.807) is 10.9 Å². The van der Waals surface area contributed by atoms with Crippen molar-refractivity contribution in [1.29, 1.82) is 0 Å². The summed E-state index contributed by atoms with van der Waals surface area (Å²) in [6.45, 7) is 0.656. The molecule has 6 heteroatoms. The molecule has 0 aromatic carbocycles. The predicted molar refractivity (Wildman–Crippen MR) is 41.1 cm³/mol. The first kappa shape index (κ1) is 6.44.